The van der Waals surface area contributed by atoms with E-state index in [9.17, 15) is 0 Å². The van der Waals surface area contributed by atoms with Crippen LogP contribution < -0.4 is 0 Å². The van der Waals surface area contributed by atoms with Gasteiger partial charge in [-0.2, -0.15) is 0 Å². The third-order valence-corrected chi connectivity index (χ3v) is 13.7. The Labute approximate surface area is 394 Å². The van der Waals surface area contributed by atoms with Crippen molar-refractivity contribution < 1.29 is 18.9 Å². The van der Waals surface area contributed by atoms with Crippen LogP contribution in [0.2, 0.25) is 10.3 Å². The van der Waals surface area contributed by atoms with Gasteiger partial charge in [0.15, 0.2) is 11.6 Å². The summed E-state index contributed by atoms with van der Waals surface area (Å²) < 4.78 is 30.3. The maximum absolute atomic E-state index is 6.36. The molecule has 0 radical (unpaired) electrons. The topological polar surface area (TPSA) is 124 Å². The lowest BCUT2D eigenvalue weighted by atomic mass is 10.0. The number of fused-ring (bicyclic) bond motifs is 6. The second-order valence-corrected chi connectivity index (χ2v) is 19.3. The van der Waals surface area contributed by atoms with Crippen molar-refractivity contribution in [1.29, 1.82) is 0 Å². The van der Waals surface area contributed by atoms with Crippen molar-refractivity contribution in [2.45, 2.75) is 88.6 Å². The van der Waals surface area contributed by atoms with Gasteiger partial charge in [0.1, 0.15) is 46.5 Å². The van der Waals surface area contributed by atoms with Crippen LogP contribution in [0.15, 0.2) is 133 Å². The SMILES string of the molecule is Brc1ccc2cccnc2c1.C=C[C@H]1C[C@@H](n2ccc3c(Cl)ncnc32)[C@@H]2OC(C)(C)O[C@@H]21.CC1(C)O[C@@H]2[C@H](O1)[C@@H](/C=C/c1ccc3cccnc3c1)C[C@H]2n1ccc2c(Cl)ncnc21. The molecule has 332 valence electrons. The van der Waals surface area contributed by atoms with E-state index >= 15 is 0 Å². The highest BCUT2D eigenvalue weighted by molar-refractivity contribution is 9.10. The molecule has 8 heterocycles. The molecule has 6 aromatic heterocycles. The number of ether oxygens (including phenoxy) is 4. The third-order valence-electron chi connectivity index (χ3n) is 12.6. The van der Waals surface area contributed by atoms with Gasteiger partial charge in [0.2, 0.25) is 0 Å². The van der Waals surface area contributed by atoms with E-state index in [1.165, 1.54) is 18.0 Å². The molecule has 2 saturated heterocycles. The Balaban J connectivity index is 0.000000129. The fraction of sp³-hybridized carbons (Fsp3) is 0.320. The molecule has 2 aliphatic heterocycles. The average Bonchev–Trinajstić information content (AvgIpc) is 4.15. The maximum atomic E-state index is 6.36. The first kappa shape index (κ1) is 43.8. The van der Waals surface area contributed by atoms with Gasteiger partial charge < -0.3 is 28.1 Å². The largest absolute Gasteiger partial charge is 0.344 e. The van der Waals surface area contributed by atoms with Crippen LogP contribution in [0.5, 0.6) is 0 Å². The fourth-order valence-electron chi connectivity index (χ4n) is 9.82. The molecule has 0 N–H and O–H groups in total. The van der Waals surface area contributed by atoms with Gasteiger partial charge in [-0.3, -0.25) is 9.97 Å². The molecule has 2 aliphatic carbocycles. The van der Waals surface area contributed by atoms with Crippen molar-refractivity contribution in [2.24, 2.45) is 11.8 Å². The quantitative estimate of drug-likeness (QED) is 0.122. The van der Waals surface area contributed by atoms with Crippen LogP contribution in [0.4, 0.5) is 0 Å². The molecular formula is C50H47BrCl2N8O4. The van der Waals surface area contributed by atoms with Crippen molar-refractivity contribution in [1.82, 2.24) is 39.0 Å². The summed E-state index contributed by atoms with van der Waals surface area (Å²) in [5.41, 5.74) is 4.81. The second-order valence-electron chi connectivity index (χ2n) is 17.7. The van der Waals surface area contributed by atoms with E-state index in [4.69, 9.17) is 42.1 Å². The first-order valence-corrected chi connectivity index (χ1v) is 23.2. The van der Waals surface area contributed by atoms with E-state index in [1.54, 1.807) is 6.20 Å². The molecule has 4 aliphatic rings. The molecular weight excluding hydrogens is 927 g/mol. The van der Waals surface area contributed by atoms with Crippen LogP contribution in [0.3, 0.4) is 0 Å². The highest BCUT2D eigenvalue weighted by atomic mass is 79.9. The molecule has 65 heavy (non-hydrogen) atoms. The molecule has 12 rings (SSSR count). The lowest BCUT2D eigenvalue weighted by molar-refractivity contribution is -0.158. The summed E-state index contributed by atoms with van der Waals surface area (Å²) >= 11 is 15.8. The van der Waals surface area contributed by atoms with Gasteiger partial charge in [-0.15, -0.1) is 6.58 Å². The molecule has 8 atom stereocenters. The number of hydrogen-bond donors (Lipinski definition) is 0. The first-order chi connectivity index (χ1) is 31.3. The Morgan fingerprint density at radius 3 is 1.71 bits per heavy atom. The monoisotopic (exact) mass is 972 g/mol. The molecule has 8 aromatic rings. The molecule has 0 unspecified atom stereocenters. The zero-order chi connectivity index (χ0) is 45.0. The van der Waals surface area contributed by atoms with Crippen LogP contribution in [-0.4, -0.2) is 75.0 Å². The zero-order valence-corrected chi connectivity index (χ0v) is 39.3. The van der Waals surface area contributed by atoms with Gasteiger partial charge in [0.05, 0.1) is 46.1 Å². The summed E-state index contributed by atoms with van der Waals surface area (Å²) in [6.07, 6.45) is 18.8. The van der Waals surface area contributed by atoms with Crippen molar-refractivity contribution in [2.75, 3.05) is 0 Å². The van der Waals surface area contributed by atoms with E-state index in [0.717, 1.165) is 61.4 Å². The lowest BCUT2D eigenvalue weighted by Gasteiger charge is -2.24. The highest BCUT2D eigenvalue weighted by Gasteiger charge is 2.55. The Morgan fingerprint density at radius 1 is 0.631 bits per heavy atom. The lowest BCUT2D eigenvalue weighted by Crippen LogP contribution is -2.27. The van der Waals surface area contributed by atoms with Crippen molar-refractivity contribution in [3.05, 3.63) is 149 Å². The zero-order valence-electron chi connectivity index (χ0n) is 36.2. The normalized spacial score (nSPS) is 26.3. The van der Waals surface area contributed by atoms with E-state index in [2.05, 4.69) is 104 Å². The number of aromatic nitrogens is 8. The molecule has 2 aromatic carbocycles. The summed E-state index contributed by atoms with van der Waals surface area (Å²) in [6.45, 7) is 11.8. The highest BCUT2D eigenvalue weighted by Crippen LogP contribution is 2.50. The molecule has 15 heteroatoms. The van der Waals surface area contributed by atoms with Gasteiger partial charge in [-0.1, -0.05) is 87.7 Å². The number of rotatable bonds is 5. The number of halogens is 3. The van der Waals surface area contributed by atoms with Gasteiger partial charge in [-0.05, 0) is 88.6 Å². The van der Waals surface area contributed by atoms with E-state index in [-0.39, 0.29) is 48.3 Å². The summed E-state index contributed by atoms with van der Waals surface area (Å²) in [4.78, 5) is 25.7. The van der Waals surface area contributed by atoms with Crippen molar-refractivity contribution in [3.63, 3.8) is 0 Å². The Kier molecular flexibility index (Phi) is 11.8. The Hall–Kier alpha value is -5.12. The average molecular weight is 975 g/mol. The predicted octanol–water partition coefficient (Wildman–Crippen LogP) is 11.8. The van der Waals surface area contributed by atoms with E-state index < -0.39 is 11.6 Å². The van der Waals surface area contributed by atoms with Gasteiger partial charge in [0, 0.05) is 51.9 Å². The summed E-state index contributed by atoms with van der Waals surface area (Å²) in [5.74, 6) is -0.708. The molecule has 0 bridgehead atoms. The molecule has 0 amide bonds. The predicted molar refractivity (Wildman–Crippen MR) is 257 cm³/mol. The second kappa shape index (κ2) is 17.6. The minimum atomic E-state index is -0.622. The standard InChI is InChI=1S/C25H23ClN4O2.C16H18ClN3O2.C9H6BrN/c1-25(2)31-21-17(8-6-15-5-7-16-4-3-10-27-19(16)12-15)13-20(22(21)32-25)30-11-9-18-23(26)28-14-29-24(18)30;1-4-9-7-11(13-12(9)21-16(2,3)22-13)20-6-5-10-14(17)18-8-19-15(10)20;10-8-4-3-7-2-1-5-11-9(7)6-8/h3-12,14,17,20-22H,13H2,1-2H3;4-6,8-9,11-13H,1,7H2,2-3H3;1-6H/b8-6+;;/t17-,20+,21+,22-;9-,11+,12+,13-;/m00./s1. The summed E-state index contributed by atoms with van der Waals surface area (Å²) in [7, 11) is 0. The van der Waals surface area contributed by atoms with Gasteiger partial charge in [-0.25, -0.2) is 19.9 Å². The third kappa shape index (κ3) is 8.71. The summed E-state index contributed by atoms with van der Waals surface area (Å²) in [5, 5.41) is 4.97. The molecule has 12 nitrogen and oxygen atoms in total. The fourth-order valence-corrected chi connectivity index (χ4v) is 10.6. The van der Waals surface area contributed by atoms with E-state index in [1.807, 2.05) is 94.8 Å². The number of nitrogens with zero attached hydrogens (tertiary/aromatic N) is 8. The van der Waals surface area contributed by atoms with Crippen LogP contribution in [-0.2, 0) is 18.9 Å². The van der Waals surface area contributed by atoms with Crippen LogP contribution >= 0.6 is 39.1 Å². The smallest absolute Gasteiger partial charge is 0.163 e. The van der Waals surface area contributed by atoms with Crippen LogP contribution in [0.1, 0.15) is 58.2 Å². The Bertz CT molecular complexity index is 3080. The first-order valence-electron chi connectivity index (χ1n) is 21.7. The molecule has 4 fully saturated rings. The van der Waals surface area contributed by atoms with Crippen LogP contribution in [0, 0.1) is 11.8 Å². The maximum Gasteiger partial charge on any atom is 0.163 e. The van der Waals surface area contributed by atoms with E-state index in [0.29, 0.717) is 10.3 Å². The van der Waals surface area contributed by atoms with Crippen molar-refractivity contribution >= 4 is 89.1 Å². The minimum Gasteiger partial charge on any atom is -0.344 e. The number of hydrogen-bond acceptors (Lipinski definition) is 10. The van der Waals surface area contributed by atoms with Crippen molar-refractivity contribution in [3.8, 4) is 0 Å². The molecule has 0 spiro atoms. The van der Waals surface area contributed by atoms with Gasteiger partial charge in [0.25, 0.3) is 0 Å². The van der Waals surface area contributed by atoms with Gasteiger partial charge >= 0.3 is 0 Å². The number of pyridine rings is 2. The Morgan fingerprint density at radius 2 is 1.14 bits per heavy atom. The van der Waals surface area contributed by atoms with Crippen LogP contribution in [0.25, 0.3) is 49.9 Å². The number of benzene rings is 2. The molecule has 2 saturated carbocycles. The summed E-state index contributed by atoms with van der Waals surface area (Å²) in [6, 6.07) is 24.6. The minimum absolute atomic E-state index is 0.0117.